The summed E-state index contributed by atoms with van der Waals surface area (Å²) in [4.78, 5) is 56.3. The predicted molar refractivity (Wildman–Crippen MR) is 170 cm³/mol. The molecule has 7 atom stereocenters. The largest absolute Gasteiger partial charge is 0.458 e. The van der Waals surface area contributed by atoms with Crippen LogP contribution in [-0.2, 0) is 39.8 Å². The van der Waals surface area contributed by atoms with Crippen LogP contribution in [0.2, 0.25) is 0 Å². The molecule has 1 N–H and O–H groups in total. The number of likely N-dealkylation sites (N-methyl/N-ethyl adjacent to an activating group) is 1. The number of carbonyl (C=O) groups excluding carboxylic acids is 4. The third kappa shape index (κ3) is 10.3. The van der Waals surface area contributed by atoms with Crippen LogP contribution in [0.5, 0.6) is 0 Å². The quantitative estimate of drug-likeness (QED) is 0.296. The first-order chi connectivity index (χ1) is 20.6. The third-order valence-corrected chi connectivity index (χ3v) is 8.70. The maximum atomic E-state index is 13.8. The van der Waals surface area contributed by atoms with Crippen LogP contribution in [0.1, 0.15) is 79.7 Å². The van der Waals surface area contributed by atoms with E-state index in [0.717, 1.165) is 18.4 Å². The molecule has 0 aliphatic carbocycles. The molecular weight excluding hydrogens is 562 g/mol. The molecule has 1 aliphatic rings. The highest BCUT2D eigenvalue weighted by Gasteiger charge is 2.42. The Morgan fingerprint density at radius 2 is 1.70 bits per heavy atom. The Hall–Kier alpha value is -2.98. The Kier molecular flexibility index (Phi) is 14.3. The van der Waals surface area contributed by atoms with Crippen molar-refractivity contribution in [2.45, 2.75) is 117 Å². The Labute approximate surface area is 264 Å². The topological polar surface area (TPSA) is 114 Å². The minimum absolute atomic E-state index is 0.0833. The van der Waals surface area contributed by atoms with Crippen LogP contribution in [0, 0.1) is 11.8 Å². The Morgan fingerprint density at radius 3 is 2.23 bits per heavy atom. The fourth-order valence-electron chi connectivity index (χ4n) is 6.09. The molecule has 1 aliphatic heterocycles. The SMILES string of the molecule is CC[C@H](C)[C@@H]([C@@H](CC(=O)N1CCC[C@H]1[C@H](OC)[C@@H](C)C(=O)N[C@@H](Cc1ccccc1)C(=O)OC(C)(C)C)OC)N(C)C(C)=O. The molecule has 44 heavy (non-hydrogen) atoms. The van der Waals surface area contributed by atoms with Gasteiger partial charge in [-0.3, -0.25) is 14.4 Å². The van der Waals surface area contributed by atoms with Crippen molar-refractivity contribution in [1.82, 2.24) is 15.1 Å². The van der Waals surface area contributed by atoms with Crippen LogP contribution in [-0.4, -0.2) is 97.2 Å². The molecule has 1 aromatic carbocycles. The molecule has 0 unspecified atom stereocenters. The van der Waals surface area contributed by atoms with Crippen molar-refractivity contribution in [3.63, 3.8) is 0 Å². The monoisotopic (exact) mass is 617 g/mol. The van der Waals surface area contributed by atoms with Crippen molar-refractivity contribution in [3.05, 3.63) is 35.9 Å². The van der Waals surface area contributed by atoms with Crippen LogP contribution >= 0.6 is 0 Å². The van der Waals surface area contributed by atoms with Crippen molar-refractivity contribution in [3.8, 4) is 0 Å². The normalized spacial score (nSPS) is 19.3. The number of ether oxygens (including phenoxy) is 3. The van der Waals surface area contributed by atoms with Crippen LogP contribution < -0.4 is 5.32 Å². The smallest absolute Gasteiger partial charge is 0.329 e. The summed E-state index contributed by atoms with van der Waals surface area (Å²) < 4.78 is 17.3. The molecule has 0 radical (unpaired) electrons. The zero-order valence-electron chi connectivity index (χ0n) is 28.4. The van der Waals surface area contributed by atoms with Gasteiger partial charge in [0, 0.05) is 41.2 Å². The van der Waals surface area contributed by atoms with Crippen LogP contribution in [0.3, 0.4) is 0 Å². The number of nitrogens with one attached hydrogen (secondary N) is 1. The molecule has 1 fully saturated rings. The van der Waals surface area contributed by atoms with Crippen molar-refractivity contribution < 1.29 is 33.4 Å². The molecule has 1 aromatic rings. The lowest BCUT2D eigenvalue weighted by atomic mass is 9.90. The fraction of sp³-hybridized carbons (Fsp3) is 0.706. The number of rotatable bonds is 15. The van der Waals surface area contributed by atoms with Gasteiger partial charge in [0.15, 0.2) is 0 Å². The van der Waals surface area contributed by atoms with Gasteiger partial charge in [-0.1, -0.05) is 57.5 Å². The highest BCUT2D eigenvalue weighted by atomic mass is 16.6. The van der Waals surface area contributed by atoms with Gasteiger partial charge in [-0.05, 0) is 45.1 Å². The summed E-state index contributed by atoms with van der Waals surface area (Å²) >= 11 is 0. The van der Waals surface area contributed by atoms with E-state index < -0.39 is 35.7 Å². The highest BCUT2D eigenvalue weighted by molar-refractivity contribution is 5.86. The number of likely N-dealkylation sites (tertiary alicyclic amines) is 1. The fourth-order valence-corrected chi connectivity index (χ4v) is 6.09. The summed E-state index contributed by atoms with van der Waals surface area (Å²) in [7, 11) is 4.87. The molecule has 0 saturated carbocycles. The van der Waals surface area contributed by atoms with E-state index in [4.69, 9.17) is 14.2 Å². The number of carbonyl (C=O) groups is 4. The van der Waals surface area contributed by atoms with Crippen molar-refractivity contribution in [2.24, 2.45) is 11.8 Å². The molecular formula is C34H55N3O7. The van der Waals surface area contributed by atoms with Gasteiger partial charge in [0.1, 0.15) is 11.6 Å². The van der Waals surface area contributed by atoms with Gasteiger partial charge in [0.2, 0.25) is 17.7 Å². The summed E-state index contributed by atoms with van der Waals surface area (Å²) in [6, 6.07) is 8.00. The summed E-state index contributed by atoms with van der Waals surface area (Å²) in [6.07, 6.45) is 1.60. The Balaban J connectivity index is 2.23. The molecule has 0 spiro atoms. The van der Waals surface area contributed by atoms with Gasteiger partial charge in [0.05, 0.1) is 36.6 Å². The van der Waals surface area contributed by atoms with Gasteiger partial charge in [0.25, 0.3) is 0 Å². The van der Waals surface area contributed by atoms with Gasteiger partial charge >= 0.3 is 5.97 Å². The molecule has 2 rings (SSSR count). The van der Waals surface area contributed by atoms with Crippen molar-refractivity contribution in [1.29, 1.82) is 0 Å². The molecule has 248 valence electrons. The Bertz CT molecular complexity index is 1090. The lowest BCUT2D eigenvalue weighted by molar-refractivity contribution is -0.159. The van der Waals surface area contributed by atoms with Crippen molar-refractivity contribution in [2.75, 3.05) is 27.8 Å². The first-order valence-corrected chi connectivity index (χ1v) is 15.8. The van der Waals surface area contributed by atoms with E-state index in [1.54, 1.807) is 58.8 Å². The van der Waals surface area contributed by atoms with E-state index in [1.807, 2.05) is 30.3 Å². The summed E-state index contributed by atoms with van der Waals surface area (Å²) in [5, 5.41) is 2.91. The summed E-state index contributed by atoms with van der Waals surface area (Å²) in [5.74, 6) is -1.58. The number of amides is 3. The average Bonchev–Trinajstić information content (AvgIpc) is 3.45. The second kappa shape index (κ2) is 16.9. The maximum Gasteiger partial charge on any atom is 0.329 e. The number of benzene rings is 1. The maximum absolute atomic E-state index is 13.8. The number of hydrogen-bond acceptors (Lipinski definition) is 7. The van der Waals surface area contributed by atoms with E-state index in [9.17, 15) is 19.2 Å². The molecule has 3 amide bonds. The second-order valence-corrected chi connectivity index (χ2v) is 13.1. The molecule has 10 nitrogen and oxygen atoms in total. The Morgan fingerprint density at radius 1 is 1.07 bits per heavy atom. The number of esters is 1. The molecule has 0 bridgehead atoms. The van der Waals surface area contributed by atoms with Gasteiger partial charge < -0.3 is 29.3 Å². The van der Waals surface area contributed by atoms with E-state index >= 15 is 0 Å². The van der Waals surface area contributed by atoms with E-state index in [2.05, 4.69) is 19.2 Å². The number of hydrogen-bond donors (Lipinski definition) is 1. The number of nitrogens with zero attached hydrogens (tertiary/aromatic N) is 2. The summed E-state index contributed by atoms with van der Waals surface area (Å²) in [6.45, 7) is 13.3. The average molecular weight is 618 g/mol. The molecule has 1 saturated heterocycles. The minimum Gasteiger partial charge on any atom is -0.458 e. The van der Waals surface area contributed by atoms with E-state index in [-0.39, 0.29) is 48.6 Å². The highest BCUT2D eigenvalue weighted by Crippen LogP contribution is 2.29. The molecule has 10 heteroatoms. The lowest BCUT2D eigenvalue weighted by Crippen LogP contribution is -2.54. The standard InChI is InChI=1S/C34H55N3O7/c1-11-22(2)30(36(8)24(4)38)28(42-9)21-29(39)37-19-15-18-27(37)31(43-10)23(3)32(40)35-26(33(41)44-34(5,6)7)20-25-16-13-12-14-17-25/h12-14,16-17,22-23,26-28,30-31H,11,15,18-21H2,1-10H3,(H,35,40)/t22-,23+,26-,27-,28+,30-,31+/m0/s1. The third-order valence-electron chi connectivity index (χ3n) is 8.70. The predicted octanol–water partition coefficient (Wildman–Crippen LogP) is 4.00. The van der Waals surface area contributed by atoms with Crippen LogP contribution in [0.4, 0.5) is 0 Å². The lowest BCUT2D eigenvalue weighted by Gasteiger charge is -2.39. The minimum atomic E-state index is -0.886. The van der Waals surface area contributed by atoms with Crippen LogP contribution in [0.15, 0.2) is 30.3 Å². The summed E-state index contributed by atoms with van der Waals surface area (Å²) in [5.41, 5.74) is 0.181. The van der Waals surface area contributed by atoms with Crippen LogP contribution in [0.25, 0.3) is 0 Å². The first-order valence-electron chi connectivity index (χ1n) is 15.8. The first kappa shape index (κ1) is 37.2. The van der Waals surface area contributed by atoms with Gasteiger partial charge in [-0.15, -0.1) is 0 Å². The molecule has 1 heterocycles. The zero-order chi connectivity index (χ0) is 33.2. The van der Waals surface area contributed by atoms with E-state index in [0.29, 0.717) is 13.0 Å². The van der Waals surface area contributed by atoms with Gasteiger partial charge in [-0.2, -0.15) is 0 Å². The van der Waals surface area contributed by atoms with E-state index in [1.165, 1.54) is 6.92 Å². The number of methoxy groups -OCH3 is 2. The van der Waals surface area contributed by atoms with Crippen molar-refractivity contribution >= 4 is 23.7 Å². The zero-order valence-corrected chi connectivity index (χ0v) is 28.4. The molecule has 0 aromatic heterocycles. The van der Waals surface area contributed by atoms with Gasteiger partial charge in [-0.25, -0.2) is 4.79 Å². The second-order valence-electron chi connectivity index (χ2n) is 13.1.